The molecule has 0 bridgehead atoms. The van der Waals surface area contributed by atoms with Crippen LogP contribution in [0.2, 0.25) is 0 Å². The van der Waals surface area contributed by atoms with Crippen LogP contribution in [-0.4, -0.2) is 45.2 Å². The van der Waals surface area contributed by atoms with Gasteiger partial charge in [0.15, 0.2) is 21.3 Å². The molecule has 0 atom stereocenters. The normalized spacial score (nSPS) is 13.3. The van der Waals surface area contributed by atoms with Crippen LogP contribution in [0.4, 0.5) is 0 Å². The lowest BCUT2D eigenvalue weighted by atomic mass is 10.2. The fraction of sp³-hybridized carbons (Fsp3) is 0.350. The van der Waals surface area contributed by atoms with Crippen molar-refractivity contribution in [1.29, 1.82) is 0 Å². The van der Waals surface area contributed by atoms with Crippen molar-refractivity contribution >= 4 is 15.7 Å². The van der Waals surface area contributed by atoms with E-state index in [9.17, 15) is 13.2 Å². The molecule has 1 amide bonds. The average molecular weight is 389 g/mol. The van der Waals surface area contributed by atoms with Gasteiger partial charge in [0.05, 0.1) is 10.6 Å². The van der Waals surface area contributed by atoms with Crippen LogP contribution in [0.15, 0.2) is 47.4 Å². The Hall–Kier alpha value is -2.54. The van der Waals surface area contributed by atoms with Crippen LogP contribution >= 0.6 is 0 Å². The molecule has 27 heavy (non-hydrogen) atoms. The number of hydrogen-bond acceptors (Lipinski definition) is 5. The lowest BCUT2D eigenvalue weighted by Gasteiger charge is -2.21. The van der Waals surface area contributed by atoms with Crippen LogP contribution in [-0.2, 0) is 21.2 Å². The molecule has 0 spiro atoms. The minimum Gasteiger partial charge on any atom is -0.486 e. The van der Waals surface area contributed by atoms with Gasteiger partial charge in [-0.3, -0.25) is 4.79 Å². The van der Waals surface area contributed by atoms with E-state index in [-0.39, 0.29) is 23.0 Å². The highest BCUT2D eigenvalue weighted by Gasteiger charge is 2.19. The van der Waals surface area contributed by atoms with E-state index in [1.807, 2.05) is 25.1 Å². The molecule has 2 aromatic rings. The van der Waals surface area contributed by atoms with Gasteiger partial charge in [-0.25, -0.2) is 8.42 Å². The van der Waals surface area contributed by atoms with E-state index in [1.54, 1.807) is 31.3 Å². The van der Waals surface area contributed by atoms with Crippen LogP contribution in [0.3, 0.4) is 0 Å². The van der Waals surface area contributed by atoms with Gasteiger partial charge < -0.3 is 14.4 Å². The third kappa shape index (κ3) is 4.80. The number of hydrogen-bond donors (Lipinski definition) is 0. The molecule has 0 aliphatic carbocycles. The molecule has 0 aromatic heterocycles. The van der Waals surface area contributed by atoms with Gasteiger partial charge in [-0.15, -0.1) is 0 Å². The SMILES string of the molecule is Cc1ccc(S(=O)(=O)CCC(=O)N(C)Cc2ccc3c(c2)OCCO3)cc1. The molecule has 0 fully saturated rings. The van der Waals surface area contributed by atoms with Crippen LogP contribution in [0.1, 0.15) is 17.5 Å². The van der Waals surface area contributed by atoms with E-state index < -0.39 is 9.84 Å². The summed E-state index contributed by atoms with van der Waals surface area (Å²) in [5.74, 6) is 0.936. The Kier molecular flexibility index (Phi) is 5.70. The Labute approximate surface area is 159 Å². The molecule has 0 saturated carbocycles. The van der Waals surface area contributed by atoms with Crippen molar-refractivity contribution in [3.8, 4) is 11.5 Å². The second-order valence-corrected chi connectivity index (χ2v) is 8.72. The summed E-state index contributed by atoms with van der Waals surface area (Å²) >= 11 is 0. The molecule has 3 rings (SSSR count). The molecule has 144 valence electrons. The molecule has 7 heteroatoms. The fourth-order valence-electron chi connectivity index (χ4n) is 2.82. The monoisotopic (exact) mass is 389 g/mol. The first-order chi connectivity index (χ1) is 12.8. The number of aryl methyl sites for hydroxylation is 1. The second-order valence-electron chi connectivity index (χ2n) is 6.61. The molecule has 1 aliphatic rings. The summed E-state index contributed by atoms with van der Waals surface area (Å²) in [5, 5.41) is 0. The number of rotatable bonds is 6. The predicted octanol–water partition coefficient (Wildman–Crippen LogP) is 2.59. The number of carbonyl (C=O) groups excluding carboxylic acids is 1. The Balaban J connectivity index is 1.58. The first-order valence-electron chi connectivity index (χ1n) is 8.77. The molecule has 0 radical (unpaired) electrons. The zero-order chi connectivity index (χ0) is 19.4. The summed E-state index contributed by atoms with van der Waals surface area (Å²) in [6, 6.07) is 12.2. The quantitative estimate of drug-likeness (QED) is 0.759. The maximum Gasteiger partial charge on any atom is 0.223 e. The van der Waals surface area contributed by atoms with Crippen LogP contribution in [0.25, 0.3) is 0 Å². The summed E-state index contributed by atoms with van der Waals surface area (Å²) < 4.78 is 35.8. The van der Waals surface area contributed by atoms with Crippen molar-refractivity contribution in [2.45, 2.75) is 24.8 Å². The zero-order valence-electron chi connectivity index (χ0n) is 15.5. The molecule has 0 saturated heterocycles. The predicted molar refractivity (Wildman–Crippen MR) is 102 cm³/mol. The van der Waals surface area contributed by atoms with Crippen molar-refractivity contribution < 1.29 is 22.7 Å². The first kappa shape index (κ1) is 19.2. The van der Waals surface area contributed by atoms with Gasteiger partial charge in [0.25, 0.3) is 0 Å². The topological polar surface area (TPSA) is 72.9 Å². The fourth-order valence-corrected chi connectivity index (χ4v) is 4.05. The second kappa shape index (κ2) is 8.00. The summed E-state index contributed by atoms with van der Waals surface area (Å²) in [4.78, 5) is 14.1. The highest BCUT2D eigenvalue weighted by molar-refractivity contribution is 7.91. The van der Waals surface area contributed by atoms with E-state index in [0.29, 0.717) is 31.3 Å². The van der Waals surface area contributed by atoms with Crippen molar-refractivity contribution in [3.63, 3.8) is 0 Å². The largest absolute Gasteiger partial charge is 0.486 e. The Morgan fingerprint density at radius 2 is 1.70 bits per heavy atom. The third-order valence-electron chi connectivity index (χ3n) is 4.42. The molecule has 0 unspecified atom stereocenters. The minimum absolute atomic E-state index is 0.0583. The lowest BCUT2D eigenvalue weighted by Crippen LogP contribution is -2.28. The average Bonchev–Trinajstić information content (AvgIpc) is 2.66. The van der Waals surface area contributed by atoms with Crippen molar-refractivity contribution in [2.24, 2.45) is 0 Å². The van der Waals surface area contributed by atoms with Gasteiger partial charge in [-0.1, -0.05) is 23.8 Å². The Morgan fingerprint density at radius 3 is 2.41 bits per heavy atom. The number of amides is 1. The van der Waals surface area contributed by atoms with Crippen molar-refractivity contribution in [1.82, 2.24) is 4.90 Å². The molecule has 0 N–H and O–H groups in total. The number of benzene rings is 2. The summed E-state index contributed by atoms with van der Waals surface area (Å²) in [5.41, 5.74) is 1.89. The van der Waals surface area contributed by atoms with Crippen molar-refractivity contribution in [2.75, 3.05) is 26.0 Å². The smallest absolute Gasteiger partial charge is 0.223 e. The van der Waals surface area contributed by atoms with E-state index in [0.717, 1.165) is 11.1 Å². The van der Waals surface area contributed by atoms with E-state index in [4.69, 9.17) is 9.47 Å². The third-order valence-corrected chi connectivity index (χ3v) is 6.15. The highest BCUT2D eigenvalue weighted by atomic mass is 32.2. The maximum absolute atomic E-state index is 12.4. The van der Waals surface area contributed by atoms with Crippen LogP contribution in [0.5, 0.6) is 11.5 Å². The summed E-state index contributed by atoms with van der Waals surface area (Å²) in [6.07, 6.45) is -0.0583. The minimum atomic E-state index is -3.47. The van der Waals surface area contributed by atoms with Gasteiger partial charge >= 0.3 is 0 Å². The van der Waals surface area contributed by atoms with E-state index in [1.165, 1.54) is 4.90 Å². The molecule has 2 aromatic carbocycles. The number of ether oxygens (including phenoxy) is 2. The van der Waals surface area contributed by atoms with E-state index >= 15 is 0 Å². The molecular formula is C20H23NO5S. The standard InChI is InChI=1S/C20H23NO5S/c1-15-3-6-17(7-4-15)27(23,24)12-9-20(22)21(2)14-16-5-8-18-19(13-16)26-11-10-25-18/h3-8,13H,9-12,14H2,1-2H3. The Morgan fingerprint density at radius 1 is 1.04 bits per heavy atom. The summed E-state index contributed by atoms with van der Waals surface area (Å²) in [6.45, 7) is 3.30. The number of carbonyl (C=O) groups is 1. The molecule has 6 nitrogen and oxygen atoms in total. The van der Waals surface area contributed by atoms with Crippen LogP contribution < -0.4 is 9.47 Å². The van der Waals surface area contributed by atoms with Gasteiger partial charge in [-0.2, -0.15) is 0 Å². The number of sulfone groups is 1. The van der Waals surface area contributed by atoms with Crippen molar-refractivity contribution in [3.05, 3.63) is 53.6 Å². The van der Waals surface area contributed by atoms with Gasteiger partial charge in [0.1, 0.15) is 13.2 Å². The highest BCUT2D eigenvalue weighted by Crippen LogP contribution is 2.31. The molecular weight excluding hydrogens is 366 g/mol. The zero-order valence-corrected chi connectivity index (χ0v) is 16.3. The van der Waals surface area contributed by atoms with Crippen LogP contribution in [0, 0.1) is 6.92 Å². The first-order valence-corrected chi connectivity index (χ1v) is 10.4. The number of fused-ring (bicyclic) bond motifs is 1. The van der Waals surface area contributed by atoms with Gasteiger partial charge in [0, 0.05) is 20.0 Å². The van der Waals surface area contributed by atoms with Gasteiger partial charge in [0.2, 0.25) is 5.91 Å². The molecule has 1 heterocycles. The number of nitrogens with zero attached hydrogens (tertiary/aromatic N) is 1. The lowest BCUT2D eigenvalue weighted by molar-refractivity contribution is -0.130. The van der Waals surface area contributed by atoms with Gasteiger partial charge in [-0.05, 0) is 36.8 Å². The Bertz CT molecular complexity index is 922. The summed E-state index contributed by atoms with van der Waals surface area (Å²) in [7, 11) is -1.81. The molecule has 1 aliphatic heterocycles. The van der Waals surface area contributed by atoms with E-state index in [2.05, 4.69) is 0 Å². The maximum atomic E-state index is 12.4.